The van der Waals surface area contributed by atoms with Gasteiger partial charge in [0, 0.05) is 5.56 Å². The van der Waals surface area contributed by atoms with E-state index in [0.29, 0.717) is 11.3 Å². The largest absolute Gasteiger partial charge is 0.504 e. The first kappa shape index (κ1) is 18.2. The quantitative estimate of drug-likeness (QED) is 0.520. The van der Waals surface area contributed by atoms with Crippen LogP contribution in [0.4, 0.5) is 0 Å². The van der Waals surface area contributed by atoms with Crippen LogP contribution in [0.2, 0.25) is 0 Å². The highest BCUT2D eigenvalue weighted by Crippen LogP contribution is 2.28. The van der Waals surface area contributed by atoms with E-state index in [2.05, 4.69) is 10.5 Å². The van der Waals surface area contributed by atoms with Gasteiger partial charge >= 0.3 is 0 Å². The van der Waals surface area contributed by atoms with Crippen LogP contribution < -0.4 is 10.2 Å². The molecule has 0 unspecified atom stereocenters. The summed E-state index contributed by atoms with van der Waals surface area (Å²) in [6, 6.07) is 24.1. The number of hydrogen-bond acceptors (Lipinski definition) is 4. The third-order valence-corrected chi connectivity index (χ3v) is 4.16. The number of hydrogen-bond donors (Lipinski definition) is 2. The van der Waals surface area contributed by atoms with Crippen molar-refractivity contribution in [2.45, 2.75) is 5.92 Å². The molecule has 0 aliphatic carbocycles. The van der Waals surface area contributed by atoms with Crippen LogP contribution in [0.3, 0.4) is 0 Å². The molecular weight excluding hydrogens is 340 g/mol. The molecule has 0 bridgehead atoms. The van der Waals surface area contributed by atoms with Crippen LogP contribution in [0.5, 0.6) is 11.5 Å². The number of methoxy groups -OCH3 is 1. The summed E-state index contributed by atoms with van der Waals surface area (Å²) in [5.41, 5.74) is 4.77. The summed E-state index contributed by atoms with van der Waals surface area (Å²) in [5, 5.41) is 14.1. The molecule has 0 aliphatic heterocycles. The normalized spacial score (nSPS) is 10.9. The zero-order chi connectivity index (χ0) is 19.1. The van der Waals surface area contributed by atoms with Crippen molar-refractivity contribution >= 4 is 12.1 Å². The molecule has 0 saturated heterocycles. The van der Waals surface area contributed by atoms with E-state index in [9.17, 15) is 9.90 Å². The van der Waals surface area contributed by atoms with Gasteiger partial charge in [0.2, 0.25) is 0 Å². The lowest BCUT2D eigenvalue weighted by Gasteiger charge is -2.16. The van der Waals surface area contributed by atoms with Crippen LogP contribution in [0, 0.1) is 0 Å². The zero-order valence-corrected chi connectivity index (χ0v) is 14.9. The first-order valence-corrected chi connectivity index (χ1v) is 8.49. The minimum absolute atomic E-state index is 0.0272. The third kappa shape index (κ3) is 4.33. The summed E-state index contributed by atoms with van der Waals surface area (Å²) in [5.74, 6) is -0.424. The lowest BCUT2D eigenvalue weighted by molar-refractivity contribution is -0.121. The Morgan fingerprint density at radius 2 is 1.56 bits per heavy atom. The van der Waals surface area contributed by atoms with Crippen molar-refractivity contribution in [1.29, 1.82) is 0 Å². The zero-order valence-electron chi connectivity index (χ0n) is 14.9. The number of ether oxygens (including phenoxy) is 1. The van der Waals surface area contributed by atoms with Crippen LogP contribution in [0.15, 0.2) is 84.0 Å². The fourth-order valence-electron chi connectivity index (χ4n) is 2.82. The Hall–Kier alpha value is -3.60. The Morgan fingerprint density at radius 3 is 2.11 bits per heavy atom. The molecule has 1 amide bonds. The summed E-state index contributed by atoms with van der Waals surface area (Å²) in [6.07, 6.45) is 1.39. The molecule has 3 aromatic carbocycles. The Morgan fingerprint density at radius 1 is 0.963 bits per heavy atom. The molecule has 5 nitrogen and oxygen atoms in total. The van der Waals surface area contributed by atoms with Gasteiger partial charge in [-0.1, -0.05) is 66.7 Å². The van der Waals surface area contributed by atoms with Gasteiger partial charge in [0.15, 0.2) is 11.5 Å². The highest BCUT2D eigenvalue weighted by molar-refractivity contribution is 5.89. The molecule has 0 spiro atoms. The van der Waals surface area contributed by atoms with E-state index < -0.39 is 5.92 Å². The number of carbonyl (C=O) groups is 1. The first-order valence-electron chi connectivity index (χ1n) is 8.49. The highest BCUT2D eigenvalue weighted by atomic mass is 16.5. The monoisotopic (exact) mass is 360 g/mol. The molecule has 2 N–H and O–H groups in total. The topological polar surface area (TPSA) is 70.9 Å². The summed E-state index contributed by atoms with van der Waals surface area (Å²) in [4.78, 5) is 12.8. The Balaban J connectivity index is 1.82. The van der Waals surface area contributed by atoms with E-state index in [4.69, 9.17) is 4.74 Å². The molecule has 0 atom stereocenters. The third-order valence-electron chi connectivity index (χ3n) is 4.16. The van der Waals surface area contributed by atoms with Gasteiger partial charge in [-0.15, -0.1) is 0 Å². The van der Waals surface area contributed by atoms with Crippen molar-refractivity contribution < 1.29 is 14.6 Å². The Bertz CT molecular complexity index is 885. The lowest BCUT2D eigenvalue weighted by atomic mass is 9.91. The second-order valence-corrected chi connectivity index (χ2v) is 5.89. The molecule has 5 heteroatoms. The Kier molecular flexibility index (Phi) is 5.84. The molecule has 3 aromatic rings. The summed E-state index contributed by atoms with van der Waals surface area (Å²) < 4.78 is 5.07. The number of phenolic OH excluding ortho intramolecular Hbond substituents is 1. The number of carbonyl (C=O) groups excluding carboxylic acids is 1. The summed E-state index contributed by atoms with van der Waals surface area (Å²) in [6.45, 7) is 0. The SMILES string of the molecule is COc1cccc(C=NNC(=O)C(c2ccccc2)c2ccccc2)c1O. The first-order chi connectivity index (χ1) is 13.2. The van der Waals surface area contributed by atoms with Crippen LogP contribution in [-0.4, -0.2) is 24.3 Å². The van der Waals surface area contributed by atoms with E-state index >= 15 is 0 Å². The molecule has 0 aliphatic rings. The van der Waals surface area contributed by atoms with Crippen molar-refractivity contribution in [3.8, 4) is 11.5 Å². The minimum atomic E-state index is -0.483. The minimum Gasteiger partial charge on any atom is -0.504 e. The Labute approximate surface area is 157 Å². The van der Waals surface area contributed by atoms with E-state index in [1.54, 1.807) is 18.2 Å². The number of aromatic hydroxyl groups is 1. The standard InChI is InChI=1S/C22H20N2O3/c1-27-19-14-8-13-18(21(19)25)15-23-24-22(26)20(16-9-4-2-5-10-16)17-11-6-3-7-12-17/h2-15,20,25H,1H3,(H,24,26). The van der Waals surface area contributed by atoms with Crippen molar-refractivity contribution in [2.75, 3.05) is 7.11 Å². The predicted molar refractivity (Wildman–Crippen MR) is 105 cm³/mol. The number of hydrazone groups is 1. The maximum absolute atomic E-state index is 12.8. The molecule has 3 rings (SSSR count). The van der Waals surface area contributed by atoms with Crippen LogP contribution in [0.25, 0.3) is 0 Å². The van der Waals surface area contributed by atoms with Gasteiger partial charge in [0.1, 0.15) is 0 Å². The molecule has 0 fully saturated rings. The number of amides is 1. The molecule has 0 saturated carbocycles. The highest BCUT2D eigenvalue weighted by Gasteiger charge is 2.22. The number of nitrogens with one attached hydrogen (secondary N) is 1. The van der Waals surface area contributed by atoms with Crippen molar-refractivity contribution in [2.24, 2.45) is 5.10 Å². The van der Waals surface area contributed by atoms with Crippen molar-refractivity contribution in [3.63, 3.8) is 0 Å². The lowest BCUT2D eigenvalue weighted by Crippen LogP contribution is -2.26. The van der Waals surface area contributed by atoms with Gasteiger partial charge in [0.05, 0.1) is 19.2 Å². The number of rotatable bonds is 6. The van der Waals surface area contributed by atoms with Crippen molar-refractivity contribution in [1.82, 2.24) is 5.43 Å². The number of nitrogens with zero attached hydrogens (tertiary/aromatic N) is 1. The number of phenols is 1. The van der Waals surface area contributed by atoms with E-state index in [0.717, 1.165) is 11.1 Å². The molecule has 27 heavy (non-hydrogen) atoms. The maximum atomic E-state index is 12.8. The van der Waals surface area contributed by atoms with Gasteiger partial charge in [-0.25, -0.2) is 5.43 Å². The summed E-state index contributed by atoms with van der Waals surface area (Å²) >= 11 is 0. The van der Waals surface area contributed by atoms with Crippen LogP contribution >= 0.6 is 0 Å². The van der Waals surface area contributed by atoms with E-state index in [1.165, 1.54) is 13.3 Å². The predicted octanol–water partition coefficient (Wildman–Crippen LogP) is 3.68. The fourth-order valence-corrected chi connectivity index (χ4v) is 2.82. The fraction of sp³-hybridized carbons (Fsp3) is 0.0909. The second-order valence-electron chi connectivity index (χ2n) is 5.89. The van der Waals surface area contributed by atoms with Gasteiger partial charge in [0.25, 0.3) is 5.91 Å². The number of benzene rings is 3. The average Bonchev–Trinajstić information content (AvgIpc) is 2.71. The van der Waals surface area contributed by atoms with Gasteiger partial charge in [-0.3, -0.25) is 4.79 Å². The summed E-state index contributed by atoms with van der Waals surface area (Å²) in [7, 11) is 1.47. The second kappa shape index (κ2) is 8.67. The van der Waals surface area contributed by atoms with Gasteiger partial charge < -0.3 is 9.84 Å². The van der Waals surface area contributed by atoms with Gasteiger partial charge in [-0.05, 0) is 23.3 Å². The van der Waals surface area contributed by atoms with Crippen LogP contribution in [0.1, 0.15) is 22.6 Å². The smallest absolute Gasteiger partial charge is 0.252 e. The molecule has 0 radical (unpaired) electrons. The molecule has 136 valence electrons. The maximum Gasteiger partial charge on any atom is 0.252 e. The molecular formula is C22H20N2O3. The van der Waals surface area contributed by atoms with Crippen LogP contribution in [-0.2, 0) is 4.79 Å². The van der Waals surface area contributed by atoms with E-state index in [1.807, 2.05) is 60.7 Å². The van der Waals surface area contributed by atoms with Gasteiger partial charge in [-0.2, -0.15) is 5.10 Å². The molecule has 0 aromatic heterocycles. The molecule has 0 heterocycles. The van der Waals surface area contributed by atoms with Crippen molar-refractivity contribution in [3.05, 3.63) is 95.6 Å². The average molecular weight is 360 g/mol. The van der Waals surface area contributed by atoms with E-state index in [-0.39, 0.29) is 11.7 Å². The number of para-hydroxylation sites is 1.